The summed E-state index contributed by atoms with van der Waals surface area (Å²) in [7, 11) is 0. The predicted molar refractivity (Wildman–Crippen MR) is 168 cm³/mol. The second-order valence-electron chi connectivity index (χ2n) is 12.7. The molecule has 2 aromatic carbocycles. The average molecular weight is 655 g/mol. The molecule has 0 radical (unpaired) electrons. The fraction of sp³-hybridized carbons (Fsp3) is 0.469. The van der Waals surface area contributed by atoms with Crippen molar-refractivity contribution >= 4 is 54.7 Å². The van der Waals surface area contributed by atoms with E-state index in [4.69, 9.17) is 31.8 Å². The van der Waals surface area contributed by atoms with Crippen molar-refractivity contribution in [2.45, 2.75) is 55.8 Å². The van der Waals surface area contributed by atoms with E-state index >= 15 is 4.39 Å². The van der Waals surface area contributed by atoms with Gasteiger partial charge in [0.1, 0.15) is 41.0 Å². The van der Waals surface area contributed by atoms with Crippen LogP contribution in [0.1, 0.15) is 44.1 Å². The molecule has 4 aliphatic rings. The van der Waals surface area contributed by atoms with Crippen LogP contribution in [0, 0.1) is 23.0 Å². The lowest BCUT2D eigenvalue weighted by Gasteiger charge is -2.48. The van der Waals surface area contributed by atoms with Gasteiger partial charge in [-0.3, -0.25) is 4.90 Å². The summed E-state index contributed by atoms with van der Waals surface area (Å²) in [5, 5.41) is 10.6. The second-order valence-corrected chi connectivity index (χ2v) is 14.2. The fourth-order valence-electron chi connectivity index (χ4n) is 7.86. The number of benzene rings is 2. The largest absolute Gasteiger partial charge is 0.461 e. The normalized spacial score (nSPS) is 26.5. The van der Waals surface area contributed by atoms with E-state index in [1.165, 1.54) is 12.1 Å². The maximum Gasteiger partial charge on any atom is 0.319 e. The molecule has 4 aromatic rings. The van der Waals surface area contributed by atoms with Gasteiger partial charge in [0.25, 0.3) is 0 Å². The SMILES string of the molecule is N#Cc1c(N)sc2c(F)ccc(-c3c(Cl)cc4c(N5CCCC6(CCO6)C5)nc(OC[C@@]56CCCN5C[C@H](F)C6)nc4c3F)c12. The van der Waals surface area contributed by atoms with Crippen LogP contribution in [0.25, 0.3) is 32.1 Å². The Kier molecular flexibility index (Phi) is 6.84. The molecule has 0 amide bonds. The molecular formula is C32H30ClF3N6O2S. The number of hydrogen-bond acceptors (Lipinski definition) is 9. The van der Waals surface area contributed by atoms with E-state index in [0.29, 0.717) is 43.9 Å². The number of piperidine rings is 1. The number of hydrogen-bond donors (Lipinski definition) is 1. The van der Waals surface area contributed by atoms with Gasteiger partial charge in [-0.25, -0.2) is 13.2 Å². The summed E-state index contributed by atoms with van der Waals surface area (Å²) in [6.07, 6.45) is 3.95. The molecule has 4 saturated heterocycles. The molecule has 1 unspecified atom stereocenters. The second kappa shape index (κ2) is 10.6. The zero-order valence-corrected chi connectivity index (χ0v) is 25.9. The van der Waals surface area contributed by atoms with Gasteiger partial charge in [-0.1, -0.05) is 17.7 Å². The van der Waals surface area contributed by atoms with Gasteiger partial charge in [0.2, 0.25) is 0 Å². The summed E-state index contributed by atoms with van der Waals surface area (Å²) in [5.41, 5.74) is 5.62. The summed E-state index contributed by atoms with van der Waals surface area (Å²) in [6.45, 7) is 3.34. The van der Waals surface area contributed by atoms with Crippen LogP contribution < -0.4 is 15.4 Å². The summed E-state index contributed by atoms with van der Waals surface area (Å²) in [6, 6.07) is 6.27. The van der Waals surface area contributed by atoms with E-state index in [1.54, 1.807) is 6.07 Å². The van der Waals surface area contributed by atoms with Gasteiger partial charge in [0.15, 0.2) is 5.82 Å². The molecule has 4 aliphatic heterocycles. The summed E-state index contributed by atoms with van der Waals surface area (Å²) in [4.78, 5) is 13.6. The highest BCUT2D eigenvalue weighted by Crippen LogP contribution is 2.47. The summed E-state index contributed by atoms with van der Waals surface area (Å²) in [5.74, 6) is -0.830. The third-order valence-corrected chi connectivity index (χ3v) is 11.4. The van der Waals surface area contributed by atoms with Crippen molar-refractivity contribution in [3.8, 4) is 23.2 Å². The molecule has 6 heterocycles. The van der Waals surface area contributed by atoms with Gasteiger partial charge in [0.05, 0.1) is 33.0 Å². The number of nitrogens with two attached hydrogens (primary N) is 1. The minimum Gasteiger partial charge on any atom is -0.461 e. The molecule has 45 heavy (non-hydrogen) atoms. The molecule has 13 heteroatoms. The number of nitrogens with zero attached hydrogens (tertiary/aromatic N) is 5. The number of alkyl halides is 1. The van der Waals surface area contributed by atoms with Crippen molar-refractivity contribution in [1.29, 1.82) is 5.26 Å². The van der Waals surface area contributed by atoms with Gasteiger partial charge < -0.3 is 20.1 Å². The lowest BCUT2D eigenvalue weighted by molar-refractivity contribution is -0.151. The minimum atomic E-state index is -0.923. The number of ether oxygens (including phenoxy) is 2. The van der Waals surface area contributed by atoms with Crippen LogP contribution in [-0.4, -0.2) is 71.6 Å². The van der Waals surface area contributed by atoms with Gasteiger partial charge in [-0.2, -0.15) is 15.2 Å². The Morgan fingerprint density at radius 3 is 2.80 bits per heavy atom. The smallest absolute Gasteiger partial charge is 0.319 e. The maximum absolute atomic E-state index is 16.9. The number of rotatable bonds is 5. The van der Waals surface area contributed by atoms with Crippen LogP contribution in [0.4, 0.5) is 24.0 Å². The number of thiophene rings is 1. The van der Waals surface area contributed by atoms with Crippen LogP contribution in [0.15, 0.2) is 18.2 Å². The molecule has 2 aromatic heterocycles. The maximum atomic E-state index is 16.9. The third-order valence-electron chi connectivity index (χ3n) is 10.1. The Morgan fingerprint density at radius 1 is 1.20 bits per heavy atom. The van der Waals surface area contributed by atoms with Crippen molar-refractivity contribution in [3.63, 3.8) is 0 Å². The number of nitriles is 1. The van der Waals surface area contributed by atoms with Crippen LogP contribution in [0.2, 0.25) is 5.02 Å². The van der Waals surface area contributed by atoms with Crippen molar-refractivity contribution < 1.29 is 22.6 Å². The van der Waals surface area contributed by atoms with Crippen molar-refractivity contribution in [1.82, 2.24) is 14.9 Å². The van der Waals surface area contributed by atoms with Crippen LogP contribution in [0.3, 0.4) is 0 Å². The molecule has 8 nitrogen and oxygen atoms in total. The molecule has 0 bridgehead atoms. The Labute approximate surface area is 266 Å². The first-order chi connectivity index (χ1) is 21.7. The predicted octanol–water partition coefficient (Wildman–Crippen LogP) is 6.61. The van der Waals surface area contributed by atoms with Crippen LogP contribution >= 0.6 is 22.9 Å². The number of nitrogen functional groups attached to an aromatic ring is 1. The van der Waals surface area contributed by atoms with Crippen molar-refractivity contribution in [2.24, 2.45) is 0 Å². The average Bonchev–Trinajstić information content (AvgIpc) is 3.65. The van der Waals surface area contributed by atoms with Gasteiger partial charge in [-0.15, -0.1) is 11.3 Å². The molecule has 3 atom stereocenters. The molecule has 0 aliphatic carbocycles. The topological polar surface area (TPSA) is 101 Å². The molecule has 0 saturated carbocycles. The molecule has 8 rings (SSSR count). The monoisotopic (exact) mass is 654 g/mol. The van der Waals surface area contributed by atoms with Crippen molar-refractivity contribution in [3.05, 3.63) is 40.4 Å². The van der Waals surface area contributed by atoms with E-state index in [1.807, 2.05) is 6.07 Å². The Hall–Kier alpha value is -3.37. The first-order valence-corrected chi connectivity index (χ1v) is 16.4. The molecule has 234 valence electrons. The fourth-order valence-corrected chi connectivity index (χ4v) is 9.10. The molecule has 4 fully saturated rings. The summed E-state index contributed by atoms with van der Waals surface area (Å²) < 4.78 is 58.6. The van der Waals surface area contributed by atoms with Crippen molar-refractivity contribution in [2.75, 3.05) is 50.0 Å². The first-order valence-electron chi connectivity index (χ1n) is 15.2. The highest BCUT2D eigenvalue weighted by atomic mass is 35.5. The van der Waals surface area contributed by atoms with Gasteiger partial charge in [-0.05, 0) is 49.9 Å². The molecule has 2 N–H and O–H groups in total. The Morgan fingerprint density at radius 2 is 2.02 bits per heavy atom. The lowest BCUT2D eigenvalue weighted by Crippen LogP contribution is -2.56. The first kappa shape index (κ1) is 29.1. The Balaban J connectivity index is 1.29. The van der Waals surface area contributed by atoms with E-state index in [2.05, 4.69) is 14.8 Å². The van der Waals surface area contributed by atoms with E-state index in [-0.39, 0.29) is 60.5 Å². The van der Waals surface area contributed by atoms with Gasteiger partial charge >= 0.3 is 6.01 Å². The highest BCUT2D eigenvalue weighted by Gasteiger charge is 2.49. The zero-order chi connectivity index (χ0) is 31.1. The number of anilines is 2. The number of fused-ring (bicyclic) bond motifs is 3. The van der Waals surface area contributed by atoms with E-state index in [0.717, 1.165) is 50.0 Å². The van der Waals surface area contributed by atoms with Crippen LogP contribution in [0.5, 0.6) is 6.01 Å². The standard InChI is InChI=1S/C32H30ClF3N6O2S/c33-21-11-19-26(25(36)24(21)18-3-4-22(35)27-23(18)20(13-37)28(38)45-27)39-30(43-16-31-5-1-9-42(31)14-17(34)12-31)40-29(19)41-8-2-6-32(15-41)7-10-44-32/h3-4,11,17H,1-2,5-10,12,14-16,38H2/t17-,31+,32?/m1/s1. The zero-order valence-electron chi connectivity index (χ0n) is 24.3. The van der Waals surface area contributed by atoms with E-state index < -0.39 is 23.3 Å². The van der Waals surface area contributed by atoms with Gasteiger partial charge in [0, 0.05) is 48.8 Å². The highest BCUT2D eigenvalue weighted by molar-refractivity contribution is 7.23. The quantitative estimate of drug-likeness (QED) is 0.257. The lowest BCUT2D eigenvalue weighted by atomic mass is 9.86. The molecular weight excluding hydrogens is 625 g/mol. The van der Waals surface area contributed by atoms with Crippen LogP contribution in [-0.2, 0) is 4.74 Å². The third kappa shape index (κ3) is 4.53. The molecule has 1 spiro atoms. The number of aromatic nitrogens is 2. The summed E-state index contributed by atoms with van der Waals surface area (Å²) >= 11 is 7.77. The Bertz CT molecular complexity index is 1910. The number of halogens is 4. The minimum absolute atomic E-state index is 0.0101. The van der Waals surface area contributed by atoms with E-state index in [9.17, 15) is 14.0 Å².